The van der Waals surface area contributed by atoms with Crippen molar-refractivity contribution >= 4 is 9.84 Å². The Balaban J connectivity index is 1.77. The molecule has 1 aliphatic carbocycles. The van der Waals surface area contributed by atoms with Gasteiger partial charge in [-0.25, -0.2) is 13.4 Å². The molecule has 0 bridgehead atoms. The first-order valence-electron chi connectivity index (χ1n) is 10.6. The molecule has 1 aromatic rings. The van der Waals surface area contributed by atoms with Crippen LogP contribution in [0.4, 0.5) is 0 Å². The maximum absolute atomic E-state index is 13.1. The zero-order chi connectivity index (χ0) is 19.1. The zero-order valence-corrected chi connectivity index (χ0v) is 17.6. The minimum absolute atomic E-state index is 0.236. The van der Waals surface area contributed by atoms with Gasteiger partial charge in [0.1, 0.15) is 0 Å². The number of hydrogen-bond donors (Lipinski definition) is 0. The Morgan fingerprint density at radius 3 is 2.41 bits per heavy atom. The van der Waals surface area contributed by atoms with Gasteiger partial charge in [-0.15, -0.1) is 0 Å². The number of sulfone groups is 1. The Labute approximate surface area is 164 Å². The molecule has 0 radical (unpaired) electrons. The highest BCUT2D eigenvalue weighted by atomic mass is 32.2. The van der Waals surface area contributed by atoms with Gasteiger partial charge in [0.2, 0.25) is 15.0 Å². The van der Waals surface area contributed by atoms with E-state index in [0.717, 1.165) is 51.0 Å². The Kier molecular flexibility index (Phi) is 7.73. The van der Waals surface area contributed by atoms with Crippen LogP contribution in [0.25, 0.3) is 0 Å². The number of rotatable bonds is 8. The summed E-state index contributed by atoms with van der Waals surface area (Å²) in [4.78, 5) is 6.82. The lowest BCUT2D eigenvalue weighted by Gasteiger charge is -2.22. The second-order valence-corrected chi connectivity index (χ2v) is 10.1. The van der Waals surface area contributed by atoms with E-state index in [-0.39, 0.29) is 16.8 Å². The molecule has 0 aromatic carbocycles. The van der Waals surface area contributed by atoms with E-state index in [1.807, 2.05) is 4.57 Å². The molecule has 7 heteroatoms. The summed E-state index contributed by atoms with van der Waals surface area (Å²) < 4.78 is 33.4. The number of hydrogen-bond acceptors (Lipinski definition) is 5. The third-order valence-electron chi connectivity index (χ3n) is 5.96. The molecule has 1 saturated carbocycles. The summed E-state index contributed by atoms with van der Waals surface area (Å²) in [5.74, 6) is 0.519. The molecule has 1 aliphatic heterocycles. The van der Waals surface area contributed by atoms with Crippen LogP contribution in [0.1, 0.15) is 63.5 Å². The standard InChI is InChI=1S/C20H35N3O3S/c1-26-14-13-23-19(16-22-11-7-2-3-8-12-22)15-21-20(23)27(24,25)17-18-9-5-4-6-10-18/h15,18H,2-14,16-17H2,1H3. The van der Waals surface area contributed by atoms with Gasteiger partial charge in [0, 0.05) is 20.2 Å². The van der Waals surface area contributed by atoms with Gasteiger partial charge in [-0.1, -0.05) is 32.1 Å². The highest BCUT2D eigenvalue weighted by Gasteiger charge is 2.28. The Morgan fingerprint density at radius 1 is 1.07 bits per heavy atom. The number of ether oxygens (including phenoxy) is 1. The van der Waals surface area contributed by atoms with Crippen molar-refractivity contribution in [3.63, 3.8) is 0 Å². The molecule has 2 heterocycles. The predicted molar refractivity (Wildman–Crippen MR) is 106 cm³/mol. The molecule has 0 spiro atoms. The topological polar surface area (TPSA) is 64.4 Å². The van der Waals surface area contributed by atoms with Crippen molar-refractivity contribution in [2.75, 3.05) is 32.6 Å². The lowest BCUT2D eigenvalue weighted by Crippen LogP contribution is -2.27. The number of likely N-dealkylation sites (tertiary alicyclic amines) is 1. The lowest BCUT2D eigenvalue weighted by molar-refractivity contribution is 0.181. The van der Waals surface area contributed by atoms with Crippen molar-refractivity contribution in [2.24, 2.45) is 5.92 Å². The highest BCUT2D eigenvalue weighted by Crippen LogP contribution is 2.27. The van der Waals surface area contributed by atoms with Crippen LogP contribution in [0.5, 0.6) is 0 Å². The van der Waals surface area contributed by atoms with E-state index in [2.05, 4.69) is 9.88 Å². The first-order chi connectivity index (χ1) is 13.1. The average molecular weight is 398 g/mol. The van der Waals surface area contributed by atoms with Gasteiger partial charge in [-0.2, -0.15) is 0 Å². The van der Waals surface area contributed by atoms with Crippen molar-refractivity contribution in [3.8, 4) is 0 Å². The van der Waals surface area contributed by atoms with Crippen molar-refractivity contribution in [3.05, 3.63) is 11.9 Å². The summed E-state index contributed by atoms with van der Waals surface area (Å²) in [5.41, 5.74) is 0.996. The van der Waals surface area contributed by atoms with Gasteiger partial charge >= 0.3 is 0 Å². The van der Waals surface area contributed by atoms with Crippen LogP contribution in [-0.4, -0.2) is 55.4 Å². The van der Waals surface area contributed by atoms with E-state index in [1.54, 1.807) is 13.3 Å². The summed E-state index contributed by atoms with van der Waals surface area (Å²) >= 11 is 0. The zero-order valence-electron chi connectivity index (χ0n) is 16.7. The van der Waals surface area contributed by atoms with Crippen molar-refractivity contribution < 1.29 is 13.2 Å². The van der Waals surface area contributed by atoms with E-state index in [4.69, 9.17) is 4.74 Å². The summed E-state index contributed by atoms with van der Waals surface area (Å²) in [6.07, 6.45) is 12.4. The van der Waals surface area contributed by atoms with Crippen LogP contribution in [0, 0.1) is 5.92 Å². The van der Waals surface area contributed by atoms with Gasteiger partial charge < -0.3 is 9.30 Å². The minimum Gasteiger partial charge on any atom is -0.383 e. The molecule has 154 valence electrons. The second-order valence-electron chi connectivity index (χ2n) is 8.15. The molecular formula is C20H35N3O3S. The molecule has 27 heavy (non-hydrogen) atoms. The van der Waals surface area contributed by atoms with E-state index < -0.39 is 9.84 Å². The monoisotopic (exact) mass is 397 g/mol. The Morgan fingerprint density at radius 2 is 1.74 bits per heavy atom. The quantitative estimate of drug-likeness (QED) is 0.674. The van der Waals surface area contributed by atoms with Crippen LogP contribution in [0.2, 0.25) is 0 Å². The average Bonchev–Trinajstić information content (AvgIpc) is 2.88. The van der Waals surface area contributed by atoms with Crippen LogP contribution >= 0.6 is 0 Å². The maximum Gasteiger partial charge on any atom is 0.227 e. The lowest BCUT2D eigenvalue weighted by atomic mass is 9.91. The van der Waals surface area contributed by atoms with Gasteiger partial charge in [0.25, 0.3) is 0 Å². The first kappa shape index (κ1) is 20.8. The predicted octanol–water partition coefficient (Wildman–Crippen LogP) is 3.26. The van der Waals surface area contributed by atoms with Crippen LogP contribution in [0.3, 0.4) is 0 Å². The van der Waals surface area contributed by atoms with Crippen LogP contribution in [0.15, 0.2) is 11.4 Å². The third kappa shape index (κ3) is 5.78. The fourth-order valence-corrected chi connectivity index (χ4v) is 6.31. The number of nitrogens with zero attached hydrogens (tertiary/aromatic N) is 3. The normalized spacial score (nSPS) is 20.6. The van der Waals surface area contributed by atoms with Gasteiger partial charge in [-0.05, 0) is 44.7 Å². The number of imidazole rings is 1. The minimum atomic E-state index is -3.37. The summed E-state index contributed by atoms with van der Waals surface area (Å²) in [7, 11) is -1.72. The van der Waals surface area contributed by atoms with Gasteiger partial charge in [0.15, 0.2) is 0 Å². The summed E-state index contributed by atoms with van der Waals surface area (Å²) in [6.45, 7) is 3.98. The maximum atomic E-state index is 13.1. The van der Waals surface area contributed by atoms with E-state index in [9.17, 15) is 8.42 Å². The van der Waals surface area contributed by atoms with E-state index in [0.29, 0.717) is 13.2 Å². The molecule has 1 saturated heterocycles. The largest absolute Gasteiger partial charge is 0.383 e. The molecule has 3 rings (SSSR count). The second kappa shape index (κ2) is 10.0. The van der Waals surface area contributed by atoms with Gasteiger partial charge in [-0.3, -0.25) is 4.90 Å². The van der Waals surface area contributed by atoms with Crippen molar-refractivity contribution in [1.82, 2.24) is 14.5 Å². The highest BCUT2D eigenvalue weighted by molar-refractivity contribution is 7.91. The number of methoxy groups -OCH3 is 1. The third-order valence-corrected chi connectivity index (χ3v) is 7.76. The fourth-order valence-electron chi connectivity index (χ4n) is 4.45. The molecule has 0 unspecified atom stereocenters. The smallest absolute Gasteiger partial charge is 0.227 e. The van der Waals surface area contributed by atoms with E-state index >= 15 is 0 Å². The summed E-state index contributed by atoms with van der Waals surface area (Å²) in [5, 5.41) is 0.245. The van der Waals surface area contributed by atoms with Crippen molar-refractivity contribution in [2.45, 2.75) is 76.0 Å². The molecule has 0 atom stereocenters. The van der Waals surface area contributed by atoms with Crippen LogP contribution in [-0.2, 0) is 27.7 Å². The molecule has 2 aliphatic rings. The fraction of sp³-hybridized carbons (Fsp3) is 0.850. The molecule has 1 aromatic heterocycles. The molecule has 0 amide bonds. The first-order valence-corrected chi connectivity index (χ1v) is 12.2. The van der Waals surface area contributed by atoms with Gasteiger partial charge in [0.05, 0.1) is 24.3 Å². The van der Waals surface area contributed by atoms with Crippen molar-refractivity contribution in [1.29, 1.82) is 0 Å². The number of aromatic nitrogens is 2. The molecule has 2 fully saturated rings. The Hall–Kier alpha value is -0.920. The Bertz CT molecular complexity index is 673. The molecular weight excluding hydrogens is 362 g/mol. The summed E-state index contributed by atoms with van der Waals surface area (Å²) in [6, 6.07) is 0. The molecule has 6 nitrogen and oxygen atoms in total. The van der Waals surface area contributed by atoms with Crippen LogP contribution < -0.4 is 0 Å². The molecule has 0 N–H and O–H groups in total. The van der Waals surface area contributed by atoms with E-state index in [1.165, 1.54) is 32.1 Å². The SMILES string of the molecule is COCCn1c(CN2CCCCCC2)cnc1S(=O)(=O)CC1CCCCC1.